The van der Waals surface area contributed by atoms with Gasteiger partial charge in [0, 0.05) is 6.54 Å². The molecule has 60 valence electrons. The minimum atomic E-state index is 0.327. The maximum Gasteiger partial charge on any atom is 0.0765 e. The second kappa shape index (κ2) is 4.21. The molecule has 0 amide bonds. The summed E-state index contributed by atoms with van der Waals surface area (Å²) >= 11 is 4.39. The van der Waals surface area contributed by atoms with Crippen molar-refractivity contribution in [2.75, 3.05) is 26.3 Å². The van der Waals surface area contributed by atoms with Gasteiger partial charge >= 0.3 is 0 Å². The second-order valence-corrected chi connectivity index (χ2v) is 3.19. The molecule has 0 aromatic carbocycles. The van der Waals surface area contributed by atoms with Gasteiger partial charge < -0.3 is 4.74 Å². The predicted octanol–water partition coefficient (Wildman–Crippen LogP) is 0.985. The fraction of sp³-hybridized carbons (Fsp3) is 1.00. The summed E-state index contributed by atoms with van der Waals surface area (Å²) in [6.07, 6.45) is 1.21. The average Bonchev–Trinajstić information content (AvgIpc) is 1.94. The van der Waals surface area contributed by atoms with Crippen molar-refractivity contribution < 1.29 is 4.74 Å². The Kier molecular flexibility index (Phi) is 3.52. The lowest BCUT2D eigenvalue weighted by Gasteiger charge is -2.31. The Morgan fingerprint density at radius 1 is 1.70 bits per heavy atom. The van der Waals surface area contributed by atoms with Gasteiger partial charge in [-0.3, -0.25) is 4.90 Å². The summed E-state index contributed by atoms with van der Waals surface area (Å²) in [4.78, 5) is 2.35. The largest absolute Gasteiger partial charge is 0.378 e. The zero-order valence-electron chi connectivity index (χ0n) is 6.42. The van der Waals surface area contributed by atoms with Crippen LogP contribution < -0.4 is 0 Å². The Balaban J connectivity index is 2.25. The standard InChI is InChI=1S/C7H15NOS/c1-2-3-8-4-5-9-6-7(8)10/h7,10H,2-6H2,1H3. The van der Waals surface area contributed by atoms with Crippen molar-refractivity contribution in [2.45, 2.75) is 18.7 Å². The summed E-state index contributed by atoms with van der Waals surface area (Å²) in [6, 6.07) is 0. The average molecular weight is 161 g/mol. The Morgan fingerprint density at radius 3 is 3.10 bits per heavy atom. The molecule has 1 unspecified atom stereocenters. The van der Waals surface area contributed by atoms with Gasteiger partial charge in [0.05, 0.1) is 18.6 Å². The van der Waals surface area contributed by atoms with Crippen molar-refractivity contribution in [3.05, 3.63) is 0 Å². The van der Waals surface area contributed by atoms with E-state index < -0.39 is 0 Å². The Bertz CT molecular complexity index is 97.6. The molecule has 0 saturated carbocycles. The lowest BCUT2D eigenvalue weighted by atomic mass is 10.3. The molecule has 10 heavy (non-hydrogen) atoms. The molecule has 1 heterocycles. The lowest BCUT2D eigenvalue weighted by Crippen LogP contribution is -2.42. The van der Waals surface area contributed by atoms with Crippen LogP contribution in [0, 0.1) is 0 Å². The summed E-state index contributed by atoms with van der Waals surface area (Å²) in [5, 5.41) is 0.327. The van der Waals surface area contributed by atoms with Crippen molar-refractivity contribution in [1.29, 1.82) is 0 Å². The highest BCUT2D eigenvalue weighted by Gasteiger charge is 2.17. The number of nitrogens with zero attached hydrogens (tertiary/aromatic N) is 1. The van der Waals surface area contributed by atoms with E-state index in [4.69, 9.17) is 4.74 Å². The minimum absolute atomic E-state index is 0.327. The van der Waals surface area contributed by atoms with Gasteiger partial charge in [-0.15, -0.1) is 0 Å². The van der Waals surface area contributed by atoms with E-state index in [1.165, 1.54) is 6.42 Å². The number of thiol groups is 1. The maximum absolute atomic E-state index is 5.24. The lowest BCUT2D eigenvalue weighted by molar-refractivity contribution is 0.0257. The van der Waals surface area contributed by atoms with Crippen molar-refractivity contribution in [3.8, 4) is 0 Å². The SMILES string of the molecule is CCCN1CCOCC1S. The van der Waals surface area contributed by atoms with Crippen LogP contribution >= 0.6 is 12.6 Å². The zero-order valence-corrected chi connectivity index (χ0v) is 7.31. The molecule has 1 aliphatic heterocycles. The van der Waals surface area contributed by atoms with Crippen molar-refractivity contribution in [1.82, 2.24) is 4.90 Å². The third-order valence-electron chi connectivity index (χ3n) is 1.72. The van der Waals surface area contributed by atoms with Crippen LogP contribution in [0.2, 0.25) is 0 Å². The van der Waals surface area contributed by atoms with E-state index in [0.717, 1.165) is 26.3 Å². The number of morpholine rings is 1. The van der Waals surface area contributed by atoms with Crippen molar-refractivity contribution >= 4 is 12.6 Å². The van der Waals surface area contributed by atoms with Gasteiger partial charge in [-0.05, 0) is 13.0 Å². The molecule has 0 aliphatic carbocycles. The second-order valence-electron chi connectivity index (χ2n) is 2.59. The molecule has 3 heteroatoms. The Labute approximate surface area is 68.0 Å². The molecule has 0 bridgehead atoms. The molecule has 0 radical (unpaired) electrons. The van der Waals surface area contributed by atoms with E-state index in [1.807, 2.05) is 0 Å². The monoisotopic (exact) mass is 161 g/mol. The van der Waals surface area contributed by atoms with Gasteiger partial charge in [0.2, 0.25) is 0 Å². The van der Waals surface area contributed by atoms with Gasteiger partial charge in [-0.2, -0.15) is 12.6 Å². The van der Waals surface area contributed by atoms with Crippen LogP contribution in [0.3, 0.4) is 0 Å². The maximum atomic E-state index is 5.24. The van der Waals surface area contributed by atoms with Crippen LogP contribution in [0.1, 0.15) is 13.3 Å². The quantitative estimate of drug-likeness (QED) is 0.606. The highest BCUT2D eigenvalue weighted by Crippen LogP contribution is 2.09. The van der Waals surface area contributed by atoms with Crippen LogP contribution in [0.5, 0.6) is 0 Å². The number of ether oxygens (including phenoxy) is 1. The fourth-order valence-corrected chi connectivity index (χ4v) is 1.51. The first kappa shape index (κ1) is 8.37. The van der Waals surface area contributed by atoms with Gasteiger partial charge in [0.25, 0.3) is 0 Å². The summed E-state index contributed by atoms with van der Waals surface area (Å²) in [6.45, 7) is 6.04. The van der Waals surface area contributed by atoms with Gasteiger partial charge in [0.1, 0.15) is 0 Å². The highest BCUT2D eigenvalue weighted by atomic mass is 32.1. The molecule has 0 spiro atoms. The molecule has 1 aliphatic rings. The van der Waals surface area contributed by atoms with Crippen LogP contribution in [-0.4, -0.2) is 36.6 Å². The third-order valence-corrected chi connectivity index (χ3v) is 2.20. The van der Waals surface area contributed by atoms with E-state index in [2.05, 4.69) is 24.5 Å². The van der Waals surface area contributed by atoms with Crippen LogP contribution in [-0.2, 0) is 4.74 Å². The fourth-order valence-electron chi connectivity index (χ4n) is 1.17. The van der Waals surface area contributed by atoms with Crippen molar-refractivity contribution in [3.63, 3.8) is 0 Å². The molecule has 0 aromatic heterocycles. The molecule has 1 fully saturated rings. The first-order valence-electron chi connectivity index (χ1n) is 3.84. The zero-order chi connectivity index (χ0) is 7.40. The molecular formula is C7H15NOS. The Hall–Kier alpha value is 0.270. The summed E-state index contributed by atoms with van der Waals surface area (Å²) in [5.41, 5.74) is 0. The van der Waals surface area contributed by atoms with E-state index in [1.54, 1.807) is 0 Å². The number of rotatable bonds is 2. The van der Waals surface area contributed by atoms with Crippen LogP contribution in [0.25, 0.3) is 0 Å². The minimum Gasteiger partial charge on any atom is -0.378 e. The number of hydrogen-bond acceptors (Lipinski definition) is 3. The van der Waals surface area contributed by atoms with Gasteiger partial charge in [-0.1, -0.05) is 6.92 Å². The predicted molar refractivity (Wildman–Crippen MR) is 45.5 cm³/mol. The Morgan fingerprint density at radius 2 is 2.50 bits per heavy atom. The van der Waals surface area contributed by atoms with Gasteiger partial charge in [0.15, 0.2) is 0 Å². The summed E-state index contributed by atoms with van der Waals surface area (Å²) in [7, 11) is 0. The first-order valence-corrected chi connectivity index (χ1v) is 4.36. The van der Waals surface area contributed by atoms with Crippen LogP contribution in [0.4, 0.5) is 0 Å². The van der Waals surface area contributed by atoms with E-state index in [-0.39, 0.29) is 0 Å². The smallest absolute Gasteiger partial charge is 0.0765 e. The molecule has 2 nitrogen and oxygen atoms in total. The normalized spacial score (nSPS) is 28.8. The summed E-state index contributed by atoms with van der Waals surface area (Å²) in [5.74, 6) is 0. The molecule has 0 N–H and O–H groups in total. The molecule has 1 rings (SSSR count). The molecule has 1 saturated heterocycles. The van der Waals surface area contributed by atoms with E-state index in [9.17, 15) is 0 Å². The highest BCUT2D eigenvalue weighted by molar-refractivity contribution is 7.80. The van der Waals surface area contributed by atoms with E-state index >= 15 is 0 Å². The topological polar surface area (TPSA) is 12.5 Å². The van der Waals surface area contributed by atoms with E-state index in [0.29, 0.717) is 5.37 Å². The molecule has 1 atom stereocenters. The molecular weight excluding hydrogens is 146 g/mol. The third kappa shape index (κ3) is 2.15. The molecule has 0 aromatic rings. The van der Waals surface area contributed by atoms with Crippen LogP contribution in [0.15, 0.2) is 0 Å². The first-order chi connectivity index (χ1) is 4.84. The van der Waals surface area contributed by atoms with Gasteiger partial charge in [-0.25, -0.2) is 0 Å². The number of hydrogen-bond donors (Lipinski definition) is 1. The van der Waals surface area contributed by atoms with Crippen molar-refractivity contribution in [2.24, 2.45) is 0 Å². The summed E-state index contributed by atoms with van der Waals surface area (Å²) < 4.78 is 5.24.